The van der Waals surface area contributed by atoms with Gasteiger partial charge in [0.15, 0.2) is 0 Å². The van der Waals surface area contributed by atoms with Crippen molar-refractivity contribution in [3.05, 3.63) is 50.2 Å². The monoisotopic (exact) mass is 400 g/mol. The molecule has 2 aromatic rings. The van der Waals surface area contributed by atoms with Crippen LogP contribution >= 0.6 is 23.2 Å². The number of hydrogen-bond acceptors (Lipinski definition) is 8. The summed E-state index contributed by atoms with van der Waals surface area (Å²) in [4.78, 5) is 30.5. The molecule has 0 radical (unpaired) electrons. The van der Waals surface area contributed by atoms with Gasteiger partial charge in [-0.05, 0) is 18.2 Å². The first-order chi connectivity index (χ1) is 12.4. The summed E-state index contributed by atoms with van der Waals surface area (Å²) < 4.78 is 4.87. The molecule has 0 saturated heterocycles. The number of carbonyl (C=O) groups excluding carboxylic acids is 1. The van der Waals surface area contributed by atoms with Crippen LogP contribution in [0.25, 0.3) is 0 Å². The predicted molar refractivity (Wildman–Crippen MR) is 96.6 cm³/mol. The third kappa shape index (κ3) is 4.91. The Bertz CT molecular complexity index is 820. The van der Waals surface area contributed by atoms with Crippen LogP contribution in [0.15, 0.2) is 24.5 Å². The van der Waals surface area contributed by atoms with Gasteiger partial charge in [-0.2, -0.15) is 0 Å². The van der Waals surface area contributed by atoms with Gasteiger partial charge in [0.1, 0.15) is 6.33 Å². The average Bonchev–Trinajstić information content (AvgIpc) is 2.59. The first-order valence-corrected chi connectivity index (χ1v) is 7.93. The van der Waals surface area contributed by atoms with E-state index in [2.05, 4.69) is 26.1 Å². The van der Waals surface area contributed by atoms with Crippen molar-refractivity contribution in [2.24, 2.45) is 0 Å². The van der Waals surface area contributed by atoms with Crippen molar-refractivity contribution in [2.45, 2.75) is 0 Å². The zero-order valence-corrected chi connectivity index (χ0v) is 15.0. The normalized spacial score (nSPS) is 10.3. The van der Waals surface area contributed by atoms with E-state index in [0.717, 1.165) is 6.33 Å². The second-order valence-corrected chi connectivity index (χ2v) is 5.64. The summed E-state index contributed by atoms with van der Waals surface area (Å²) in [6, 6.07) is 4.32. The van der Waals surface area contributed by atoms with Gasteiger partial charge in [0.05, 0.1) is 22.1 Å². The van der Waals surface area contributed by atoms with E-state index in [1.807, 2.05) is 0 Å². The number of nitrogens with zero attached hydrogens (tertiary/aromatic N) is 3. The molecular weight excluding hydrogens is 387 g/mol. The molecule has 0 unspecified atom stereocenters. The van der Waals surface area contributed by atoms with Gasteiger partial charge < -0.3 is 10.1 Å². The van der Waals surface area contributed by atoms with Gasteiger partial charge in [-0.3, -0.25) is 25.8 Å². The largest absolute Gasteiger partial charge is 0.383 e. The average molecular weight is 401 g/mol. The minimum Gasteiger partial charge on any atom is -0.383 e. The highest BCUT2D eigenvalue weighted by atomic mass is 35.5. The summed E-state index contributed by atoms with van der Waals surface area (Å²) in [5, 5.41) is 14.6. The molecule has 0 bridgehead atoms. The quantitative estimate of drug-likeness (QED) is 0.349. The van der Waals surface area contributed by atoms with Crippen molar-refractivity contribution in [2.75, 3.05) is 31.0 Å². The second kappa shape index (κ2) is 9.13. The smallest absolute Gasteiger partial charge is 0.354 e. The van der Waals surface area contributed by atoms with Crippen LogP contribution in [0.2, 0.25) is 10.0 Å². The summed E-state index contributed by atoms with van der Waals surface area (Å²) >= 11 is 11.7. The van der Waals surface area contributed by atoms with E-state index in [-0.39, 0.29) is 22.2 Å². The summed E-state index contributed by atoms with van der Waals surface area (Å²) in [6.07, 6.45) is 1.12. The number of anilines is 2. The van der Waals surface area contributed by atoms with E-state index in [0.29, 0.717) is 18.2 Å². The molecule has 10 nitrogen and oxygen atoms in total. The molecule has 0 aliphatic rings. The molecule has 0 fully saturated rings. The topological polar surface area (TPSA) is 131 Å². The molecule has 0 atom stereocenters. The molecule has 0 spiro atoms. The van der Waals surface area contributed by atoms with Crippen LogP contribution in [0.5, 0.6) is 0 Å². The first-order valence-electron chi connectivity index (χ1n) is 7.17. The Morgan fingerprint density at radius 1 is 1.31 bits per heavy atom. The fourth-order valence-corrected chi connectivity index (χ4v) is 2.40. The Balaban J connectivity index is 2.16. The van der Waals surface area contributed by atoms with Gasteiger partial charge in [-0.15, -0.1) is 0 Å². The van der Waals surface area contributed by atoms with Crippen molar-refractivity contribution < 1.29 is 14.5 Å². The van der Waals surface area contributed by atoms with Crippen LogP contribution in [-0.2, 0) is 4.74 Å². The fourth-order valence-electron chi connectivity index (χ4n) is 1.90. The van der Waals surface area contributed by atoms with E-state index in [1.54, 1.807) is 0 Å². The molecule has 1 aromatic carbocycles. The summed E-state index contributed by atoms with van der Waals surface area (Å²) in [6.45, 7) is 0.635. The van der Waals surface area contributed by atoms with Crippen LogP contribution in [-0.4, -0.2) is 41.1 Å². The van der Waals surface area contributed by atoms with Crippen molar-refractivity contribution in [3.8, 4) is 0 Å². The molecule has 26 heavy (non-hydrogen) atoms. The molecule has 0 saturated carbocycles. The van der Waals surface area contributed by atoms with E-state index in [4.69, 9.17) is 27.9 Å². The van der Waals surface area contributed by atoms with Gasteiger partial charge in [0.25, 0.3) is 5.91 Å². The number of hydrogen-bond donors (Lipinski definition) is 3. The third-order valence-corrected chi connectivity index (χ3v) is 3.62. The summed E-state index contributed by atoms with van der Waals surface area (Å²) in [5.41, 5.74) is 4.42. The Hall–Kier alpha value is -2.69. The SMILES string of the molecule is COCCNc1ncnc(NNC(=O)c2ccc(Cl)cc2Cl)c1[N+](=O)[O-]. The Morgan fingerprint density at radius 3 is 2.69 bits per heavy atom. The zero-order valence-electron chi connectivity index (χ0n) is 13.5. The number of carbonyl (C=O) groups is 1. The molecule has 12 heteroatoms. The number of nitrogens with one attached hydrogen (secondary N) is 3. The number of rotatable bonds is 8. The van der Waals surface area contributed by atoms with Gasteiger partial charge >= 0.3 is 5.69 Å². The number of hydrazine groups is 1. The molecule has 3 N–H and O–H groups in total. The molecule has 0 aliphatic carbocycles. The highest BCUT2D eigenvalue weighted by molar-refractivity contribution is 6.36. The molecule has 2 rings (SSSR count). The summed E-state index contributed by atoms with van der Waals surface area (Å²) in [5.74, 6) is -0.819. The molecule has 138 valence electrons. The van der Waals surface area contributed by atoms with Crippen LogP contribution in [0, 0.1) is 10.1 Å². The van der Waals surface area contributed by atoms with E-state index < -0.39 is 16.5 Å². The maximum Gasteiger partial charge on any atom is 0.354 e. The van der Waals surface area contributed by atoms with Crippen molar-refractivity contribution in [1.29, 1.82) is 0 Å². The summed E-state index contributed by atoms with van der Waals surface area (Å²) in [7, 11) is 1.50. The molecule has 0 aliphatic heterocycles. The van der Waals surface area contributed by atoms with Crippen LogP contribution in [0.1, 0.15) is 10.4 Å². The lowest BCUT2D eigenvalue weighted by atomic mass is 10.2. The lowest BCUT2D eigenvalue weighted by Crippen LogP contribution is -2.30. The predicted octanol–water partition coefficient (Wildman–Crippen LogP) is 2.51. The van der Waals surface area contributed by atoms with Gasteiger partial charge in [0, 0.05) is 18.7 Å². The Kier molecular flexibility index (Phi) is 6.89. The molecule has 1 amide bonds. The van der Waals surface area contributed by atoms with Crippen molar-refractivity contribution in [3.63, 3.8) is 0 Å². The van der Waals surface area contributed by atoms with Crippen molar-refractivity contribution >= 4 is 46.4 Å². The number of amides is 1. The van der Waals surface area contributed by atoms with Gasteiger partial charge in [0.2, 0.25) is 11.6 Å². The maximum atomic E-state index is 12.2. The minimum absolute atomic E-state index is 0.0108. The second-order valence-electron chi connectivity index (χ2n) is 4.80. The Morgan fingerprint density at radius 2 is 2.04 bits per heavy atom. The van der Waals surface area contributed by atoms with E-state index in [9.17, 15) is 14.9 Å². The highest BCUT2D eigenvalue weighted by Gasteiger charge is 2.23. The first kappa shape index (κ1) is 19.6. The van der Waals surface area contributed by atoms with Crippen LogP contribution in [0.3, 0.4) is 0 Å². The number of methoxy groups -OCH3 is 1. The highest BCUT2D eigenvalue weighted by Crippen LogP contribution is 2.28. The lowest BCUT2D eigenvalue weighted by Gasteiger charge is -2.11. The standard InChI is InChI=1S/C14H14Cl2N6O4/c1-26-5-4-17-12-11(22(24)25)13(19-7-18-12)20-21-14(23)9-3-2-8(15)6-10(9)16/h2-3,6-7H,4-5H2,1H3,(H,21,23)(H2,17,18,19,20). The fraction of sp³-hybridized carbons (Fsp3) is 0.214. The number of aromatic nitrogens is 2. The van der Waals surface area contributed by atoms with Gasteiger partial charge in [-0.25, -0.2) is 9.97 Å². The van der Waals surface area contributed by atoms with Crippen molar-refractivity contribution in [1.82, 2.24) is 15.4 Å². The lowest BCUT2D eigenvalue weighted by molar-refractivity contribution is -0.383. The molecular formula is C14H14Cl2N6O4. The molecule has 1 aromatic heterocycles. The van der Waals surface area contributed by atoms with Gasteiger partial charge in [-0.1, -0.05) is 23.2 Å². The minimum atomic E-state index is -0.668. The number of halogens is 2. The van der Waals surface area contributed by atoms with E-state index >= 15 is 0 Å². The van der Waals surface area contributed by atoms with Crippen LogP contribution in [0.4, 0.5) is 17.3 Å². The third-order valence-electron chi connectivity index (χ3n) is 3.07. The number of ether oxygens (including phenoxy) is 1. The maximum absolute atomic E-state index is 12.2. The zero-order chi connectivity index (χ0) is 19.1. The molecule has 1 heterocycles. The Labute approximate surface area is 158 Å². The number of benzene rings is 1. The van der Waals surface area contributed by atoms with Crippen LogP contribution < -0.4 is 16.2 Å². The van der Waals surface area contributed by atoms with E-state index in [1.165, 1.54) is 25.3 Å². The number of nitro groups is 1.